The van der Waals surface area contributed by atoms with Crippen LogP contribution in [0.2, 0.25) is 0 Å². The average molecular weight is 465 g/mol. The molecule has 2 unspecified atom stereocenters. The van der Waals surface area contributed by atoms with E-state index in [0.29, 0.717) is 29.2 Å². The summed E-state index contributed by atoms with van der Waals surface area (Å²) in [6.07, 6.45) is 7.34. The Morgan fingerprint density at radius 2 is 1.76 bits per heavy atom. The maximum atomic E-state index is 14.4. The number of pyridine rings is 1. The van der Waals surface area contributed by atoms with Crippen LogP contribution in [-0.2, 0) is 0 Å². The number of fused-ring (bicyclic) bond motifs is 3. The van der Waals surface area contributed by atoms with E-state index in [1.165, 1.54) is 10.6 Å². The molecule has 174 valence electrons. The van der Waals surface area contributed by atoms with Gasteiger partial charge in [0.05, 0.1) is 0 Å². The highest BCUT2D eigenvalue weighted by molar-refractivity contribution is 5.78. The summed E-state index contributed by atoms with van der Waals surface area (Å²) in [7, 11) is 0. The molecule has 0 saturated carbocycles. The Bertz CT molecular complexity index is 1370. The lowest BCUT2D eigenvalue weighted by atomic mass is 9.97. The van der Waals surface area contributed by atoms with Crippen LogP contribution in [-0.4, -0.2) is 42.7 Å². The third-order valence-corrected chi connectivity index (χ3v) is 6.81. The Morgan fingerprint density at radius 3 is 2.53 bits per heavy atom. The van der Waals surface area contributed by atoms with Crippen molar-refractivity contribution in [3.8, 4) is 11.1 Å². The molecule has 3 aromatic heterocycles. The van der Waals surface area contributed by atoms with Gasteiger partial charge >= 0.3 is 0 Å². The van der Waals surface area contributed by atoms with Gasteiger partial charge in [-0.2, -0.15) is 4.98 Å². The molecule has 0 amide bonds. The van der Waals surface area contributed by atoms with Crippen LogP contribution in [0.15, 0.2) is 42.9 Å². The number of hydrogen-bond acceptors (Lipinski definition) is 6. The van der Waals surface area contributed by atoms with Gasteiger partial charge in [0, 0.05) is 47.2 Å². The highest BCUT2D eigenvalue weighted by atomic mass is 19.2. The number of rotatable bonds is 4. The van der Waals surface area contributed by atoms with Crippen LogP contribution < -0.4 is 10.2 Å². The van der Waals surface area contributed by atoms with Gasteiger partial charge in [0.1, 0.15) is 12.1 Å². The number of piperidine rings is 1. The second kappa shape index (κ2) is 7.96. The van der Waals surface area contributed by atoms with Gasteiger partial charge < -0.3 is 10.2 Å². The topological polar surface area (TPSA) is 71.2 Å². The van der Waals surface area contributed by atoms with Gasteiger partial charge in [-0.3, -0.25) is 0 Å². The van der Waals surface area contributed by atoms with Crippen molar-refractivity contribution in [2.24, 2.45) is 0 Å². The first kappa shape index (κ1) is 20.9. The molecule has 7 nitrogen and oxygen atoms in total. The van der Waals surface area contributed by atoms with Crippen molar-refractivity contribution in [1.29, 1.82) is 0 Å². The molecular weight excluding hydrogens is 443 g/mol. The molecule has 5 heterocycles. The summed E-state index contributed by atoms with van der Waals surface area (Å²) in [6, 6.07) is 8.36. The third-order valence-electron chi connectivity index (χ3n) is 6.81. The summed E-state index contributed by atoms with van der Waals surface area (Å²) in [5, 5.41) is 7.93. The lowest BCUT2D eigenvalue weighted by molar-refractivity contribution is 0.428. The van der Waals surface area contributed by atoms with E-state index in [1.54, 1.807) is 24.7 Å². The smallest absolute Gasteiger partial charge is 0.243 e. The Labute approximate surface area is 193 Å². The first-order chi connectivity index (χ1) is 16.5. The fourth-order valence-electron chi connectivity index (χ4n) is 5.34. The van der Waals surface area contributed by atoms with Gasteiger partial charge in [-0.15, -0.1) is 5.10 Å². The van der Waals surface area contributed by atoms with Crippen LogP contribution in [0.4, 0.5) is 24.9 Å². The minimum Gasteiger partial charge on any atom is -0.350 e. The van der Waals surface area contributed by atoms with Gasteiger partial charge in [0.25, 0.3) is 0 Å². The van der Waals surface area contributed by atoms with Gasteiger partial charge in [0.2, 0.25) is 5.95 Å². The molecule has 2 atom stereocenters. The summed E-state index contributed by atoms with van der Waals surface area (Å²) in [5.74, 6) is -2.57. The van der Waals surface area contributed by atoms with E-state index < -0.39 is 17.5 Å². The van der Waals surface area contributed by atoms with Crippen molar-refractivity contribution < 1.29 is 13.2 Å². The van der Waals surface area contributed by atoms with E-state index in [1.807, 2.05) is 13.0 Å². The quantitative estimate of drug-likeness (QED) is 0.447. The highest BCUT2D eigenvalue weighted by Gasteiger charge is 2.41. The molecule has 2 aliphatic rings. The third kappa shape index (κ3) is 3.44. The molecule has 10 heteroatoms. The second-order valence-corrected chi connectivity index (χ2v) is 8.97. The Hall–Kier alpha value is -3.69. The highest BCUT2D eigenvalue weighted by Crippen LogP contribution is 2.39. The van der Waals surface area contributed by atoms with Gasteiger partial charge in [-0.05, 0) is 56.9 Å². The number of nitrogens with one attached hydrogen (secondary N) is 1. The van der Waals surface area contributed by atoms with Crippen molar-refractivity contribution in [3.05, 3.63) is 66.0 Å². The number of hydrogen-bond donors (Lipinski definition) is 1. The van der Waals surface area contributed by atoms with Gasteiger partial charge in [-0.25, -0.2) is 27.7 Å². The number of nitrogens with zero attached hydrogens (tertiary/aromatic N) is 6. The van der Waals surface area contributed by atoms with Crippen molar-refractivity contribution in [2.75, 3.05) is 10.2 Å². The van der Waals surface area contributed by atoms with Crippen LogP contribution in [0.5, 0.6) is 0 Å². The summed E-state index contributed by atoms with van der Waals surface area (Å²) in [6.45, 7) is 1.97. The first-order valence-electron chi connectivity index (χ1n) is 11.3. The molecule has 0 spiro atoms. The van der Waals surface area contributed by atoms with Gasteiger partial charge in [0.15, 0.2) is 23.1 Å². The fourth-order valence-corrected chi connectivity index (χ4v) is 5.34. The van der Waals surface area contributed by atoms with E-state index >= 15 is 0 Å². The minimum atomic E-state index is -1.50. The molecule has 1 aromatic carbocycles. The molecule has 4 aromatic rings. The molecule has 34 heavy (non-hydrogen) atoms. The van der Waals surface area contributed by atoms with E-state index in [0.717, 1.165) is 43.3 Å². The Balaban J connectivity index is 1.26. The van der Waals surface area contributed by atoms with E-state index in [2.05, 4.69) is 30.3 Å². The molecule has 2 bridgehead atoms. The summed E-state index contributed by atoms with van der Waals surface area (Å²) >= 11 is 0. The number of aromatic nitrogens is 5. The second-order valence-electron chi connectivity index (χ2n) is 8.97. The SMILES string of the molecule is Cc1cc(N2C3CCC2CC(Nc2nc4c(-c5ccc(F)c(F)c5F)cccn4n2)C3)ncn1. The Kier molecular flexibility index (Phi) is 4.89. The molecule has 2 saturated heterocycles. The van der Waals surface area contributed by atoms with Crippen LogP contribution in [0.1, 0.15) is 31.4 Å². The molecule has 1 N–H and O–H groups in total. The van der Waals surface area contributed by atoms with Crippen molar-refractivity contribution in [2.45, 2.75) is 50.7 Å². The lowest BCUT2D eigenvalue weighted by Crippen LogP contribution is -2.47. The van der Waals surface area contributed by atoms with Crippen LogP contribution in [0.25, 0.3) is 16.8 Å². The standard InChI is InChI=1S/C24H22F3N7/c1-13-9-20(29-12-28-13)34-15-4-5-16(34)11-14(10-15)30-24-31-23-18(3-2-8-33(23)32-24)17-6-7-19(25)22(27)21(17)26/h2-3,6-9,12,14-16H,4-5,10-11H2,1H3,(H,30,32). The van der Waals surface area contributed by atoms with E-state index in [9.17, 15) is 13.2 Å². The lowest BCUT2D eigenvalue weighted by Gasteiger charge is -2.39. The fraction of sp³-hybridized carbons (Fsp3) is 0.333. The molecular formula is C24H22F3N7. The number of aryl methyl sites for hydroxylation is 1. The predicted octanol–water partition coefficient (Wildman–Crippen LogP) is 4.52. The number of anilines is 2. The largest absolute Gasteiger partial charge is 0.350 e. The van der Waals surface area contributed by atoms with Crippen LogP contribution in [0.3, 0.4) is 0 Å². The van der Waals surface area contributed by atoms with E-state index in [-0.39, 0.29) is 11.6 Å². The molecule has 2 fully saturated rings. The normalized spacial score (nSPS) is 21.9. The van der Waals surface area contributed by atoms with Crippen molar-refractivity contribution in [1.82, 2.24) is 24.6 Å². The number of halogens is 3. The molecule has 0 radical (unpaired) electrons. The maximum Gasteiger partial charge on any atom is 0.243 e. The summed E-state index contributed by atoms with van der Waals surface area (Å²) in [4.78, 5) is 15.7. The van der Waals surface area contributed by atoms with Crippen LogP contribution >= 0.6 is 0 Å². The zero-order valence-corrected chi connectivity index (χ0v) is 18.4. The monoisotopic (exact) mass is 465 g/mol. The average Bonchev–Trinajstić information content (AvgIpc) is 3.35. The van der Waals surface area contributed by atoms with Crippen molar-refractivity contribution >= 4 is 17.4 Å². The molecule has 2 aliphatic heterocycles. The first-order valence-corrected chi connectivity index (χ1v) is 11.3. The molecule has 6 rings (SSSR count). The summed E-state index contributed by atoms with van der Waals surface area (Å²) in [5.41, 5.74) is 1.60. The Morgan fingerprint density at radius 1 is 0.971 bits per heavy atom. The van der Waals surface area contributed by atoms with Gasteiger partial charge in [-0.1, -0.05) is 0 Å². The van der Waals surface area contributed by atoms with Crippen LogP contribution in [0, 0.1) is 24.4 Å². The zero-order valence-electron chi connectivity index (χ0n) is 18.4. The molecule has 0 aliphatic carbocycles. The van der Waals surface area contributed by atoms with Crippen molar-refractivity contribution in [3.63, 3.8) is 0 Å². The maximum absolute atomic E-state index is 14.4. The summed E-state index contributed by atoms with van der Waals surface area (Å²) < 4.78 is 43.2. The van der Waals surface area contributed by atoms with E-state index in [4.69, 9.17) is 0 Å². The number of benzene rings is 1. The predicted molar refractivity (Wildman–Crippen MR) is 121 cm³/mol. The zero-order chi connectivity index (χ0) is 23.4. The minimum absolute atomic E-state index is 0.0602.